The third kappa shape index (κ3) is 7.30. The predicted molar refractivity (Wildman–Crippen MR) is 201 cm³/mol. The zero-order valence-electron chi connectivity index (χ0n) is 30.3. The lowest BCUT2D eigenvalue weighted by atomic mass is 9.81. The molecule has 6 rings (SSSR count). The first-order valence-electron chi connectivity index (χ1n) is 18.5. The second kappa shape index (κ2) is 15.3. The Labute approximate surface area is 295 Å². The van der Waals surface area contributed by atoms with Crippen LogP contribution >= 0.6 is 0 Å². The van der Waals surface area contributed by atoms with E-state index in [1.807, 2.05) is 6.07 Å². The molecule has 1 aromatic heterocycles. The lowest BCUT2D eigenvalue weighted by Gasteiger charge is -2.30. The Hall–Kier alpha value is -4.22. The smallest absolute Gasteiger partial charge is 0.318 e. The van der Waals surface area contributed by atoms with Crippen LogP contribution in [0.5, 0.6) is 11.8 Å². The first-order chi connectivity index (χ1) is 24.2. The fourth-order valence-corrected chi connectivity index (χ4v) is 7.45. The predicted octanol–water partition coefficient (Wildman–Crippen LogP) is 8.10. The van der Waals surface area contributed by atoms with Crippen LogP contribution in [0.1, 0.15) is 91.5 Å². The standard InChI is InChI=1S/C42H51FN4O3/c1-7-10-12-17-42(6,16-11-8-2)26-50-41-45-36-25-33(32-24-30(48)23-29-14-15-35(43)31(9-3)37(29)32)39-34(22-27(4)28(5)44-39)38(36)40(46-41)47-18-13-20-49-21-19-47/h3,14-15,22-25,27-28,48H,7-8,10-13,16-21,26H2,1-2,4-6H3. The number of terminal acetylenes is 1. The van der Waals surface area contributed by atoms with Crippen molar-refractivity contribution in [2.24, 2.45) is 16.3 Å². The number of hydrogen-bond acceptors (Lipinski definition) is 7. The van der Waals surface area contributed by atoms with Gasteiger partial charge >= 0.3 is 6.01 Å². The zero-order chi connectivity index (χ0) is 35.4. The molecule has 7 nitrogen and oxygen atoms in total. The first-order valence-corrected chi connectivity index (χ1v) is 18.5. The van der Waals surface area contributed by atoms with Crippen LogP contribution in [0.25, 0.3) is 38.9 Å². The van der Waals surface area contributed by atoms with E-state index in [0.717, 1.165) is 66.0 Å². The second-order valence-corrected chi connectivity index (χ2v) is 14.6. The molecule has 1 N–H and O–H groups in total. The summed E-state index contributed by atoms with van der Waals surface area (Å²) in [7, 11) is 0. The van der Waals surface area contributed by atoms with E-state index in [-0.39, 0.29) is 28.7 Å². The van der Waals surface area contributed by atoms with Crippen LogP contribution in [0, 0.1) is 29.5 Å². The topological polar surface area (TPSA) is 80.1 Å². The van der Waals surface area contributed by atoms with Gasteiger partial charge < -0.3 is 19.5 Å². The molecular weight excluding hydrogens is 627 g/mol. The lowest BCUT2D eigenvalue weighted by molar-refractivity contribution is 0.126. The van der Waals surface area contributed by atoms with E-state index in [9.17, 15) is 5.11 Å². The molecule has 0 radical (unpaired) electrons. The van der Waals surface area contributed by atoms with Gasteiger partial charge in [0.25, 0.3) is 0 Å². The fourth-order valence-electron chi connectivity index (χ4n) is 7.45. The maximum atomic E-state index is 15.2. The number of phenols is 1. The summed E-state index contributed by atoms with van der Waals surface area (Å²) >= 11 is 0. The molecule has 4 aromatic rings. The molecule has 0 amide bonds. The van der Waals surface area contributed by atoms with Crippen molar-refractivity contribution in [3.63, 3.8) is 0 Å². The molecule has 0 aliphatic carbocycles. The maximum absolute atomic E-state index is 15.2. The van der Waals surface area contributed by atoms with E-state index in [4.69, 9.17) is 30.9 Å². The molecule has 2 aliphatic heterocycles. The number of nitrogens with zero attached hydrogens (tertiary/aromatic N) is 4. The molecule has 50 heavy (non-hydrogen) atoms. The van der Waals surface area contributed by atoms with Crippen LogP contribution in [0.2, 0.25) is 0 Å². The molecule has 3 atom stereocenters. The highest BCUT2D eigenvalue weighted by atomic mass is 19.1. The van der Waals surface area contributed by atoms with Gasteiger partial charge in [-0.05, 0) is 67.3 Å². The van der Waals surface area contributed by atoms with Crippen molar-refractivity contribution >= 4 is 33.6 Å². The summed E-state index contributed by atoms with van der Waals surface area (Å²) in [5.41, 5.74) is 2.20. The molecule has 3 aromatic carbocycles. The van der Waals surface area contributed by atoms with Crippen LogP contribution in [0.15, 0.2) is 35.3 Å². The Kier molecular flexibility index (Phi) is 10.9. The summed E-state index contributed by atoms with van der Waals surface area (Å²) in [5, 5.41) is 14.7. The van der Waals surface area contributed by atoms with Gasteiger partial charge in [0.05, 0.1) is 41.1 Å². The second-order valence-electron chi connectivity index (χ2n) is 14.6. The molecule has 3 unspecified atom stereocenters. The van der Waals surface area contributed by atoms with Gasteiger partial charge in [0.1, 0.15) is 17.4 Å². The molecule has 3 heterocycles. The number of ether oxygens (including phenoxy) is 2. The molecular formula is C42H51FN4O3. The summed E-state index contributed by atoms with van der Waals surface area (Å²) < 4.78 is 27.7. The minimum absolute atomic E-state index is 0.00168. The van der Waals surface area contributed by atoms with E-state index in [1.165, 1.54) is 25.3 Å². The third-order valence-electron chi connectivity index (χ3n) is 10.6. The average Bonchev–Trinajstić information content (AvgIpc) is 3.40. The molecule has 0 spiro atoms. The van der Waals surface area contributed by atoms with Crippen molar-refractivity contribution in [1.82, 2.24) is 9.97 Å². The van der Waals surface area contributed by atoms with Crippen LogP contribution in [0.3, 0.4) is 0 Å². The number of rotatable bonds is 12. The van der Waals surface area contributed by atoms with Crippen LogP contribution in [-0.4, -0.2) is 54.0 Å². The lowest BCUT2D eigenvalue weighted by Crippen LogP contribution is -2.38. The average molecular weight is 679 g/mol. The van der Waals surface area contributed by atoms with Gasteiger partial charge in [0.2, 0.25) is 0 Å². The number of aromatic nitrogens is 2. The summed E-state index contributed by atoms with van der Waals surface area (Å²) in [4.78, 5) is 17.8. The molecule has 2 aliphatic rings. The number of fused-ring (bicyclic) bond motifs is 4. The highest BCUT2D eigenvalue weighted by Gasteiger charge is 2.28. The van der Waals surface area contributed by atoms with Crippen LogP contribution < -0.4 is 20.2 Å². The van der Waals surface area contributed by atoms with Gasteiger partial charge in [-0.3, -0.25) is 4.99 Å². The van der Waals surface area contributed by atoms with Gasteiger partial charge in [-0.25, -0.2) is 4.39 Å². The first kappa shape index (κ1) is 35.6. The number of unbranched alkanes of at least 4 members (excludes halogenated alkanes) is 3. The highest BCUT2D eigenvalue weighted by molar-refractivity contribution is 6.04. The van der Waals surface area contributed by atoms with Crippen molar-refractivity contribution in [3.05, 3.63) is 52.3 Å². The molecule has 1 saturated heterocycles. The molecule has 264 valence electrons. The SMILES string of the molecule is C#Cc1c(F)ccc2cc(O)cc(-c3cc4nc(OCC(C)(CCCC)CCCCC)nc(N5CCCOCC5)c4c4c3=NC(C)C(C)C=4)c12. The Morgan fingerprint density at radius 3 is 2.60 bits per heavy atom. The van der Waals surface area contributed by atoms with Crippen molar-refractivity contribution < 1.29 is 19.0 Å². The van der Waals surface area contributed by atoms with Crippen molar-refractivity contribution in [2.45, 2.75) is 92.0 Å². The van der Waals surface area contributed by atoms with Crippen molar-refractivity contribution in [2.75, 3.05) is 37.8 Å². The number of phenolic OH excluding ortho intramolecular Hbond substituents is 1. The Morgan fingerprint density at radius 2 is 1.82 bits per heavy atom. The minimum atomic E-state index is -0.485. The number of hydrogen-bond donors (Lipinski definition) is 1. The van der Waals surface area contributed by atoms with Crippen molar-refractivity contribution in [1.29, 1.82) is 0 Å². The van der Waals surface area contributed by atoms with E-state index in [2.05, 4.69) is 51.5 Å². The van der Waals surface area contributed by atoms with Crippen molar-refractivity contribution in [3.8, 4) is 35.2 Å². The van der Waals surface area contributed by atoms with Crippen LogP contribution in [-0.2, 0) is 4.74 Å². The van der Waals surface area contributed by atoms with Gasteiger partial charge in [0.15, 0.2) is 0 Å². The Bertz CT molecular complexity index is 2030. The van der Waals surface area contributed by atoms with E-state index in [1.54, 1.807) is 18.2 Å². The quantitative estimate of drug-likeness (QED) is 0.121. The Morgan fingerprint density at radius 1 is 1.02 bits per heavy atom. The monoisotopic (exact) mass is 678 g/mol. The molecule has 8 heteroatoms. The number of anilines is 1. The zero-order valence-corrected chi connectivity index (χ0v) is 30.3. The largest absolute Gasteiger partial charge is 0.508 e. The highest BCUT2D eigenvalue weighted by Crippen LogP contribution is 2.37. The summed E-state index contributed by atoms with van der Waals surface area (Å²) in [6.07, 6.45) is 17.1. The third-order valence-corrected chi connectivity index (χ3v) is 10.6. The molecule has 0 bridgehead atoms. The van der Waals surface area contributed by atoms with Gasteiger partial charge in [0, 0.05) is 41.3 Å². The summed E-state index contributed by atoms with van der Waals surface area (Å²) in [6, 6.07) is 8.61. The Balaban J connectivity index is 1.61. The van der Waals surface area contributed by atoms with Gasteiger partial charge in [-0.15, -0.1) is 6.42 Å². The van der Waals surface area contributed by atoms with E-state index < -0.39 is 5.82 Å². The maximum Gasteiger partial charge on any atom is 0.318 e. The molecule has 0 saturated carbocycles. The number of aromatic hydroxyl groups is 1. The van der Waals surface area contributed by atoms with Gasteiger partial charge in [-0.1, -0.05) is 77.9 Å². The van der Waals surface area contributed by atoms with E-state index >= 15 is 4.39 Å². The van der Waals surface area contributed by atoms with Crippen LogP contribution in [0.4, 0.5) is 10.2 Å². The van der Waals surface area contributed by atoms with Gasteiger partial charge in [-0.2, -0.15) is 9.97 Å². The van der Waals surface area contributed by atoms with E-state index in [0.29, 0.717) is 54.2 Å². The fraction of sp³-hybridized carbons (Fsp3) is 0.500. The molecule has 1 fully saturated rings. The number of benzene rings is 3. The summed E-state index contributed by atoms with van der Waals surface area (Å²) in [6.45, 7) is 14.4. The normalized spacial score (nSPS) is 18.9. The summed E-state index contributed by atoms with van der Waals surface area (Å²) in [5.74, 6) is 3.11. The number of halogens is 1. The minimum Gasteiger partial charge on any atom is -0.508 e.